The molecule has 0 spiro atoms. The lowest BCUT2D eigenvalue weighted by molar-refractivity contribution is -0.134. The largest absolute Gasteiger partial charge is 0.370 e. The fourth-order valence-corrected chi connectivity index (χ4v) is 3.17. The van der Waals surface area contributed by atoms with Crippen molar-refractivity contribution >= 4 is 35.8 Å². The molecule has 0 bridgehead atoms. The highest BCUT2D eigenvalue weighted by atomic mass is 16.2. The van der Waals surface area contributed by atoms with Crippen LogP contribution in [0.1, 0.15) is 72.1 Å². The van der Waals surface area contributed by atoms with Gasteiger partial charge >= 0.3 is 0 Å². The van der Waals surface area contributed by atoms with Gasteiger partial charge in [0, 0.05) is 6.42 Å². The van der Waals surface area contributed by atoms with Gasteiger partial charge in [-0.1, -0.05) is 26.2 Å². The molecule has 0 aliphatic rings. The molecular formula is C23H42N7O6. The van der Waals surface area contributed by atoms with Crippen molar-refractivity contribution in [2.45, 2.75) is 102 Å². The van der Waals surface area contributed by atoms with Crippen molar-refractivity contribution in [3.05, 3.63) is 0 Å². The van der Waals surface area contributed by atoms with E-state index in [1.807, 2.05) is 6.92 Å². The van der Waals surface area contributed by atoms with Gasteiger partial charge in [-0.3, -0.25) is 28.8 Å². The standard InChI is InChI=1S/C23H42N7O6/c1-4-5-9-17(22(35)28-15(3)20(33)27-14(2)13-31)30-23(36)18(10-11-19(26)32)29-21(34)16(25)8-6-7-12-24/h14-18H,4-12,24-25H2,1-3H3,(H2,26,32)(H,27,33)(H,28,35)(H,29,34)(H,30,36)/t14-,15-,16-,17-,18-/m0/s1. The van der Waals surface area contributed by atoms with E-state index in [1.165, 1.54) is 13.8 Å². The van der Waals surface area contributed by atoms with E-state index in [2.05, 4.69) is 21.3 Å². The second kappa shape index (κ2) is 18.2. The minimum atomic E-state index is -1.15. The maximum atomic E-state index is 13.0. The Labute approximate surface area is 212 Å². The Bertz CT molecular complexity index is 748. The van der Waals surface area contributed by atoms with E-state index in [4.69, 9.17) is 17.2 Å². The van der Waals surface area contributed by atoms with Crippen LogP contribution in [-0.2, 0) is 28.8 Å². The molecule has 0 aliphatic heterocycles. The molecule has 0 aromatic rings. The molecule has 0 aromatic carbocycles. The average molecular weight is 513 g/mol. The molecule has 0 fully saturated rings. The van der Waals surface area contributed by atoms with Gasteiger partial charge in [0.05, 0.1) is 12.1 Å². The molecule has 10 N–H and O–H groups in total. The van der Waals surface area contributed by atoms with Crippen molar-refractivity contribution in [2.24, 2.45) is 17.2 Å². The number of carbonyl (C=O) groups excluding carboxylic acids is 6. The quantitative estimate of drug-likeness (QED) is 0.0953. The van der Waals surface area contributed by atoms with Crippen molar-refractivity contribution in [3.8, 4) is 0 Å². The normalized spacial score (nSPS) is 14.9. The summed E-state index contributed by atoms with van der Waals surface area (Å²) in [7, 11) is 0. The highest BCUT2D eigenvalue weighted by molar-refractivity contribution is 5.95. The maximum absolute atomic E-state index is 13.0. The number of nitrogens with two attached hydrogens (primary N) is 3. The van der Waals surface area contributed by atoms with Crippen LogP contribution < -0.4 is 38.5 Å². The predicted octanol–water partition coefficient (Wildman–Crippen LogP) is -2.01. The highest BCUT2D eigenvalue weighted by Gasteiger charge is 2.29. The fourth-order valence-electron chi connectivity index (χ4n) is 3.17. The summed E-state index contributed by atoms with van der Waals surface area (Å²) >= 11 is 0. The zero-order valence-electron chi connectivity index (χ0n) is 21.4. The van der Waals surface area contributed by atoms with Crippen LogP contribution in [0, 0.1) is 0 Å². The molecular weight excluding hydrogens is 470 g/mol. The first-order valence-electron chi connectivity index (χ1n) is 12.3. The number of carbonyl (C=O) groups is 5. The van der Waals surface area contributed by atoms with Crippen LogP contribution in [0.25, 0.3) is 0 Å². The van der Waals surface area contributed by atoms with Crippen LogP contribution >= 0.6 is 0 Å². The van der Waals surface area contributed by atoms with Crippen molar-refractivity contribution in [2.75, 3.05) is 6.54 Å². The average Bonchev–Trinajstić information content (AvgIpc) is 2.83. The van der Waals surface area contributed by atoms with Crippen molar-refractivity contribution < 1.29 is 28.8 Å². The van der Waals surface area contributed by atoms with Gasteiger partial charge in [0.15, 0.2) is 0 Å². The van der Waals surface area contributed by atoms with Gasteiger partial charge in [-0.25, -0.2) is 0 Å². The predicted molar refractivity (Wildman–Crippen MR) is 134 cm³/mol. The van der Waals surface area contributed by atoms with E-state index in [-0.39, 0.29) is 19.3 Å². The molecule has 13 heteroatoms. The third kappa shape index (κ3) is 13.7. The van der Waals surface area contributed by atoms with Crippen molar-refractivity contribution in [1.82, 2.24) is 21.3 Å². The lowest BCUT2D eigenvalue weighted by Crippen LogP contribution is -2.57. The lowest BCUT2D eigenvalue weighted by atomic mass is 10.0. The van der Waals surface area contributed by atoms with Gasteiger partial charge in [0.25, 0.3) is 0 Å². The topological polar surface area (TPSA) is 229 Å². The Hall–Kier alpha value is -3.06. The summed E-state index contributed by atoms with van der Waals surface area (Å²) < 4.78 is 0. The molecule has 0 saturated heterocycles. The second-order valence-electron chi connectivity index (χ2n) is 8.74. The minimum Gasteiger partial charge on any atom is -0.370 e. The van der Waals surface area contributed by atoms with Crippen LogP contribution in [-0.4, -0.2) is 72.6 Å². The molecule has 0 saturated carbocycles. The first-order valence-corrected chi connectivity index (χ1v) is 12.3. The van der Waals surface area contributed by atoms with Crippen LogP contribution in [0.2, 0.25) is 0 Å². The van der Waals surface area contributed by atoms with E-state index in [0.29, 0.717) is 32.2 Å². The van der Waals surface area contributed by atoms with E-state index in [1.54, 1.807) is 6.29 Å². The van der Waals surface area contributed by atoms with Crippen LogP contribution in [0.5, 0.6) is 0 Å². The fraction of sp³-hybridized carbons (Fsp3) is 0.739. The van der Waals surface area contributed by atoms with E-state index in [0.717, 1.165) is 6.42 Å². The van der Waals surface area contributed by atoms with E-state index in [9.17, 15) is 28.8 Å². The number of rotatable bonds is 19. The molecule has 205 valence electrons. The zero-order valence-corrected chi connectivity index (χ0v) is 21.4. The van der Waals surface area contributed by atoms with Crippen molar-refractivity contribution in [3.63, 3.8) is 0 Å². The summed E-state index contributed by atoms with van der Waals surface area (Å²) in [5.41, 5.74) is 16.6. The summed E-state index contributed by atoms with van der Waals surface area (Å²) in [4.78, 5) is 72.4. The molecule has 0 rings (SSSR count). The molecule has 0 aliphatic carbocycles. The lowest BCUT2D eigenvalue weighted by Gasteiger charge is -2.25. The first kappa shape index (κ1) is 32.9. The summed E-state index contributed by atoms with van der Waals surface area (Å²) in [5, 5.41) is 10.0. The number of unbranched alkanes of at least 4 members (excludes halogenated alkanes) is 2. The van der Waals surface area contributed by atoms with Gasteiger partial charge in [-0.05, 0) is 46.1 Å². The number of nitrogens with one attached hydrogen (secondary N) is 4. The Morgan fingerprint density at radius 3 is 1.92 bits per heavy atom. The molecule has 5 atom stereocenters. The van der Waals surface area contributed by atoms with Gasteiger partial charge in [0.2, 0.25) is 35.8 Å². The Morgan fingerprint density at radius 2 is 1.36 bits per heavy atom. The van der Waals surface area contributed by atoms with E-state index >= 15 is 0 Å². The molecule has 0 unspecified atom stereocenters. The number of hydrogen-bond donors (Lipinski definition) is 7. The van der Waals surface area contributed by atoms with Gasteiger partial charge in [-0.15, -0.1) is 0 Å². The minimum absolute atomic E-state index is 0.0799. The molecule has 0 heterocycles. The third-order valence-corrected chi connectivity index (χ3v) is 5.39. The highest BCUT2D eigenvalue weighted by Crippen LogP contribution is 2.06. The molecule has 36 heavy (non-hydrogen) atoms. The summed E-state index contributed by atoms with van der Waals surface area (Å²) in [6.07, 6.45) is 4.68. The Morgan fingerprint density at radius 1 is 0.778 bits per heavy atom. The third-order valence-electron chi connectivity index (χ3n) is 5.39. The van der Waals surface area contributed by atoms with E-state index < -0.39 is 59.7 Å². The summed E-state index contributed by atoms with van der Waals surface area (Å²) in [5.74, 6) is -3.11. The molecule has 5 amide bonds. The monoisotopic (exact) mass is 512 g/mol. The molecule has 13 nitrogen and oxygen atoms in total. The summed E-state index contributed by atoms with van der Waals surface area (Å²) in [6, 6.07) is -4.85. The second-order valence-corrected chi connectivity index (χ2v) is 8.74. The summed E-state index contributed by atoms with van der Waals surface area (Å²) in [6.45, 7) is 5.25. The number of amides is 5. The van der Waals surface area contributed by atoms with Crippen LogP contribution in [0.3, 0.4) is 0 Å². The maximum Gasteiger partial charge on any atom is 0.243 e. The number of primary amides is 1. The Kier molecular flexibility index (Phi) is 16.7. The zero-order chi connectivity index (χ0) is 27.7. The van der Waals surface area contributed by atoms with Gasteiger partial charge in [-0.2, -0.15) is 0 Å². The Balaban J connectivity index is 5.38. The molecule has 0 aromatic heterocycles. The first-order chi connectivity index (χ1) is 17.0. The molecule has 1 radical (unpaired) electrons. The van der Waals surface area contributed by atoms with Crippen molar-refractivity contribution in [1.29, 1.82) is 0 Å². The number of hydrogen-bond acceptors (Lipinski definition) is 8. The van der Waals surface area contributed by atoms with Crippen LogP contribution in [0.15, 0.2) is 0 Å². The van der Waals surface area contributed by atoms with Gasteiger partial charge < -0.3 is 38.5 Å². The smallest absolute Gasteiger partial charge is 0.243 e. The van der Waals surface area contributed by atoms with Gasteiger partial charge in [0.1, 0.15) is 18.1 Å². The van der Waals surface area contributed by atoms with Crippen LogP contribution in [0.4, 0.5) is 0 Å². The SMILES string of the molecule is CCCC[C@H](NC(=O)[C@H](CCC(N)=O)NC(=O)[C@@H](N)CCCCN)C(=O)N[C@@H](C)C(=O)N[C@@H](C)[C]=O.